The van der Waals surface area contributed by atoms with Gasteiger partial charge in [0.25, 0.3) is 0 Å². The van der Waals surface area contributed by atoms with Crippen molar-refractivity contribution >= 4 is 16.5 Å². The maximum Gasteiger partial charge on any atom is 0.185 e. The summed E-state index contributed by atoms with van der Waals surface area (Å²) in [7, 11) is 2.14. The fourth-order valence-electron chi connectivity index (χ4n) is 1.97. The maximum absolute atomic E-state index is 4.81. The molecule has 0 amide bonds. The third-order valence-corrected chi connectivity index (χ3v) is 3.97. The van der Waals surface area contributed by atoms with Gasteiger partial charge in [-0.25, -0.2) is 4.98 Å². The van der Waals surface area contributed by atoms with Crippen LogP contribution in [-0.2, 0) is 13.0 Å². The first-order valence-electron chi connectivity index (χ1n) is 6.98. The van der Waals surface area contributed by atoms with Gasteiger partial charge in [0.15, 0.2) is 5.13 Å². The molecular formula is C14H27N3S. The molecule has 0 atom stereocenters. The number of rotatable bonds is 8. The average Bonchev–Trinajstić information content (AvgIpc) is 2.69. The summed E-state index contributed by atoms with van der Waals surface area (Å²) in [5.74, 6) is 0.672. The molecule has 1 aromatic rings. The van der Waals surface area contributed by atoms with Gasteiger partial charge in [0, 0.05) is 25.0 Å². The lowest BCUT2D eigenvalue weighted by Crippen LogP contribution is -2.22. The van der Waals surface area contributed by atoms with Crippen LogP contribution < -0.4 is 10.2 Å². The summed E-state index contributed by atoms with van der Waals surface area (Å²) in [5.41, 5.74) is 1.29. The number of anilines is 1. The van der Waals surface area contributed by atoms with Gasteiger partial charge >= 0.3 is 0 Å². The normalized spacial score (nSPS) is 11.2. The van der Waals surface area contributed by atoms with Gasteiger partial charge in [0.1, 0.15) is 0 Å². The van der Waals surface area contributed by atoms with Crippen molar-refractivity contribution in [2.24, 2.45) is 5.92 Å². The number of thiazole rings is 1. The zero-order valence-corrected chi connectivity index (χ0v) is 13.2. The Morgan fingerprint density at radius 2 is 2.06 bits per heavy atom. The van der Waals surface area contributed by atoms with E-state index in [1.807, 2.05) is 11.3 Å². The number of nitrogens with one attached hydrogen (secondary N) is 1. The number of nitrogens with zero attached hydrogens (tertiary/aromatic N) is 2. The Morgan fingerprint density at radius 3 is 2.61 bits per heavy atom. The van der Waals surface area contributed by atoms with Crippen LogP contribution in [0.5, 0.6) is 0 Å². The van der Waals surface area contributed by atoms with E-state index >= 15 is 0 Å². The molecule has 1 heterocycles. The standard InChI is InChI=1S/C14H27N3S/c1-6-8-12-13(9-15-7-2)18-14(16-12)17(5)10-11(3)4/h11,15H,6-10H2,1-5H3. The number of hydrogen-bond donors (Lipinski definition) is 1. The highest BCUT2D eigenvalue weighted by molar-refractivity contribution is 7.15. The monoisotopic (exact) mass is 269 g/mol. The SMILES string of the molecule is CCCc1nc(N(C)CC(C)C)sc1CNCC. The van der Waals surface area contributed by atoms with Crippen molar-refractivity contribution in [1.29, 1.82) is 0 Å². The van der Waals surface area contributed by atoms with Crippen LogP contribution in [0.15, 0.2) is 0 Å². The van der Waals surface area contributed by atoms with Gasteiger partial charge in [-0.05, 0) is 18.9 Å². The Balaban J connectivity index is 2.79. The molecule has 0 saturated heterocycles. The second-order valence-corrected chi connectivity index (χ2v) is 6.23. The summed E-state index contributed by atoms with van der Waals surface area (Å²) in [5, 5.41) is 4.58. The van der Waals surface area contributed by atoms with Crippen LogP contribution in [0.3, 0.4) is 0 Å². The molecule has 0 aliphatic heterocycles. The summed E-state index contributed by atoms with van der Waals surface area (Å²) in [6.07, 6.45) is 2.25. The van der Waals surface area contributed by atoms with Gasteiger partial charge in [-0.3, -0.25) is 0 Å². The predicted molar refractivity (Wildman–Crippen MR) is 81.6 cm³/mol. The number of aromatic nitrogens is 1. The molecule has 0 radical (unpaired) electrons. The van der Waals surface area contributed by atoms with Gasteiger partial charge in [-0.15, -0.1) is 11.3 Å². The Bertz CT molecular complexity index is 347. The molecule has 0 saturated carbocycles. The lowest BCUT2D eigenvalue weighted by molar-refractivity contribution is 0.637. The summed E-state index contributed by atoms with van der Waals surface area (Å²) in [4.78, 5) is 8.50. The van der Waals surface area contributed by atoms with E-state index in [2.05, 4.69) is 45.0 Å². The molecule has 0 spiro atoms. The van der Waals surface area contributed by atoms with E-state index in [1.54, 1.807) is 0 Å². The summed E-state index contributed by atoms with van der Waals surface area (Å²) < 4.78 is 0. The Hall–Kier alpha value is -0.610. The molecule has 0 fully saturated rings. The van der Waals surface area contributed by atoms with Crippen LogP contribution >= 0.6 is 11.3 Å². The van der Waals surface area contributed by atoms with E-state index in [1.165, 1.54) is 15.7 Å². The Labute approximate surface area is 116 Å². The maximum atomic E-state index is 4.81. The third-order valence-electron chi connectivity index (χ3n) is 2.75. The molecule has 4 heteroatoms. The smallest absolute Gasteiger partial charge is 0.185 e. The summed E-state index contributed by atoms with van der Waals surface area (Å²) >= 11 is 1.84. The highest BCUT2D eigenvalue weighted by Gasteiger charge is 2.13. The van der Waals surface area contributed by atoms with E-state index in [0.29, 0.717) is 5.92 Å². The fraction of sp³-hybridized carbons (Fsp3) is 0.786. The minimum absolute atomic E-state index is 0.672. The molecule has 0 bridgehead atoms. The topological polar surface area (TPSA) is 28.2 Å². The van der Waals surface area contributed by atoms with Crippen molar-refractivity contribution in [3.63, 3.8) is 0 Å². The van der Waals surface area contributed by atoms with Crippen LogP contribution in [0.4, 0.5) is 5.13 Å². The summed E-state index contributed by atoms with van der Waals surface area (Å²) in [6.45, 7) is 11.9. The van der Waals surface area contributed by atoms with E-state index in [4.69, 9.17) is 4.98 Å². The van der Waals surface area contributed by atoms with Crippen LogP contribution in [0.25, 0.3) is 0 Å². The largest absolute Gasteiger partial charge is 0.351 e. The van der Waals surface area contributed by atoms with Crippen molar-refractivity contribution in [3.05, 3.63) is 10.6 Å². The second kappa shape index (κ2) is 7.74. The van der Waals surface area contributed by atoms with E-state index < -0.39 is 0 Å². The first kappa shape index (κ1) is 15.4. The van der Waals surface area contributed by atoms with Crippen molar-refractivity contribution in [3.8, 4) is 0 Å². The molecular weight excluding hydrogens is 242 g/mol. The zero-order valence-electron chi connectivity index (χ0n) is 12.4. The Morgan fingerprint density at radius 1 is 1.33 bits per heavy atom. The summed E-state index contributed by atoms with van der Waals surface area (Å²) in [6, 6.07) is 0. The average molecular weight is 269 g/mol. The second-order valence-electron chi connectivity index (χ2n) is 5.17. The van der Waals surface area contributed by atoms with Crippen LogP contribution in [0, 0.1) is 5.92 Å². The predicted octanol–water partition coefficient (Wildman–Crippen LogP) is 3.30. The molecule has 3 nitrogen and oxygen atoms in total. The molecule has 1 aromatic heterocycles. The van der Waals surface area contributed by atoms with Crippen LogP contribution in [0.1, 0.15) is 44.7 Å². The quantitative estimate of drug-likeness (QED) is 0.785. The van der Waals surface area contributed by atoms with Gasteiger partial charge in [-0.2, -0.15) is 0 Å². The van der Waals surface area contributed by atoms with Gasteiger partial charge in [0.05, 0.1) is 5.69 Å². The van der Waals surface area contributed by atoms with Gasteiger partial charge in [0.2, 0.25) is 0 Å². The van der Waals surface area contributed by atoms with Crippen LogP contribution in [0.2, 0.25) is 0 Å². The first-order chi connectivity index (χ1) is 8.58. The molecule has 18 heavy (non-hydrogen) atoms. The van der Waals surface area contributed by atoms with Crippen LogP contribution in [-0.4, -0.2) is 25.1 Å². The Kier molecular flexibility index (Phi) is 6.65. The van der Waals surface area contributed by atoms with Crippen molar-refractivity contribution in [2.75, 3.05) is 25.0 Å². The molecule has 0 aromatic carbocycles. The molecule has 0 unspecified atom stereocenters. The van der Waals surface area contributed by atoms with E-state index in [9.17, 15) is 0 Å². The molecule has 0 aliphatic rings. The fourth-order valence-corrected chi connectivity index (χ4v) is 3.01. The van der Waals surface area contributed by atoms with E-state index in [0.717, 1.165) is 32.5 Å². The van der Waals surface area contributed by atoms with Crippen molar-refractivity contribution < 1.29 is 0 Å². The molecule has 0 aliphatic carbocycles. The van der Waals surface area contributed by atoms with Gasteiger partial charge < -0.3 is 10.2 Å². The van der Waals surface area contributed by atoms with E-state index in [-0.39, 0.29) is 0 Å². The third kappa shape index (κ3) is 4.58. The number of aryl methyl sites for hydroxylation is 1. The van der Waals surface area contributed by atoms with Gasteiger partial charge in [-0.1, -0.05) is 34.1 Å². The molecule has 1 rings (SSSR count). The lowest BCUT2D eigenvalue weighted by atomic mass is 10.2. The highest BCUT2D eigenvalue weighted by atomic mass is 32.1. The lowest BCUT2D eigenvalue weighted by Gasteiger charge is -2.17. The minimum Gasteiger partial charge on any atom is -0.351 e. The minimum atomic E-state index is 0.672. The van der Waals surface area contributed by atoms with Crippen molar-refractivity contribution in [2.45, 2.75) is 47.1 Å². The molecule has 1 N–H and O–H groups in total. The molecule has 104 valence electrons. The first-order valence-corrected chi connectivity index (χ1v) is 7.80. The van der Waals surface area contributed by atoms with Crippen molar-refractivity contribution in [1.82, 2.24) is 10.3 Å². The number of hydrogen-bond acceptors (Lipinski definition) is 4. The zero-order chi connectivity index (χ0) is 13.5. The highest BCUT2D eigenvalue weighted by Crippen LogP contribution is 2.27.